The number of hydrogen-bond donors (Lipinski definition) is 2. The lowest BCUT2D eigenvalue weighted by Gasteiger charge is -2.23. The summed E-state index contributed by atoms with van der Waals surface area (Å²) < 4.78 is 0. The average Bonchev–Trinajstić information content (AvgIpc) is 2.01. The molecule has 0 aliphatic carbocycles. The molecule has 2 N–H and O–H groups in total. The van der Waals surface area contributed by atoms with E-state index in [2.05, 4.69) is 16.9 Å². The van der Waals surface area contributed by atoms with Gasteiger partial charge in [-0.1, -0.05) is 0 Å². The second-order valence-corrected chi connectivity index (χ2v) is 5.39. The fraction of sp³-hybridized carbons (Fsp3) is 0.900. The van der Waals surface area contributed by atoms with Crippen molar-refractivity contribution in [3.8, 4) is 0 Å². The van der Waals surface area contributed by atoms with Gasteiger partial charge in [-0.05, 0) is 34.0 Å². The van der Waals surface area contributed by atoms with E-state index in [0.29, 0.717) is 0 Å². The van der Waals surface area contributed by atoms with Crippen LogP contribution in [0.15, 0.2) is 0 Å². The van der Waals surface area contributed by atoms with Crippen LogP contribution in [-0.2, 0) is 4.79 Å². The van der Waals surface area contributed by atoms with Crippen LogP contribution < -0.4 is 10.6 Å². The van der Waals surface area contributed by atoms with Gasteiger partial charge in [0.15, 0.2) is 0 Å². The zero-order chi connectivity index (χ0) is 11.2. The van der Waals surface area contributed by atoms with Crippen molar-refractivity contribution in [3.63, 3.8) is 0 Å². The topological polar surface area (TPSA) is 41.1 Å². The van der Waals surface area contributed by atoms with E-state index in [-0.39, 0.29) is 17.5 Å². The normalized spacial score (nSPS) is 13.8. The molecule has 14 heavy (non-hydrogen) atoms. The Hall–Kier alpha value is -0.220. The van der Waals surface area contributed by atoms with Crippen molar-refractivity contribution in [3.05, 3.63) is 0 Å². The highest BCUT2D eigenvalue weighted by Gasteiger charge is 2.18. The molecule has 0 saturated heterocycles. The van der Waals surface area contributed by atoms with Crippen LogP contribution >= 0.6 is 11.8 Å². The number of carbonyl (C=O) groups excluding carboxylic acids is 1. The third kappa shape index (κ3) is 7.21. The zero-order valence-corrected chi connectivity index (χ0v) is 10.6. The van der Waals surface area contributed by atoms with Gasteiger partial charge < -0.3 is 10.6 Å². The summed E-state index contributed by atoms with van der Waals surface area (Å²) in [7, 11) is 0. The van der Waals surface area contributed by atoms with Crippen molar-refractivity contribution in [2.45, 2.75) is 39.3 Å². The fourth-order valence-electron chi connectivity index (χ4n) is 0.948. The Morgan fingerprint density at radius 2 is 2.00 bits per heavy atom. The van der Waals surface area contributed by atoms with Crippen molar-refractivity contribution in [2.24, 2.45) is 0 Å². The minimum absolute atomic E-state index is 0.0682. The maximum absolute atomic E-state index is 11.6. The second-order valence-electron chi connectivity index (χ2n) is 4.41. The number of rotatable bonds is 5. The van der Waals surface area contributed by atoms with Crippen LogP contribution in [0.4, 0.5) is 0 Å². The van der Waals surface area contributed by atoms with Crippen molar-refractivity contribution in [1.29, 1.82) is 0 Å². The van der Waals surface area contributed by atoms with Gasteiger partial charge in [0, 0.05) is 17.8 Å². The second kappa shape index (κ2) is 6.30. The Kier molecular flexibility index (Phi) is 6.20. The summed E-state index contributed by atoms with van der Waals surface area (Å²) in [6, 6.07) is -0.110. The Labute approximate surface area is 91.4 Å². The molecule has 0 aromatic rings. The van der Waals surface area contributed by atoms with Crippen molar-refractivity contribution in [2.75, 3.05) is 18.6 Å². The predicted molar refractivity (Wildman–Crippen MR) is 63.7 cm³/mol. The molecule has 0 aromatic heterocycles. The van der Waals surface area contributed by atoms with Gasteiger partial charge >= 0.3 is 0 Å². The highest BCUT2D eigenvalue weighted by molar-refractivity contribution is 7.98. The summed E-state index contributed by atoms with van der Waals surface area (Å²) in [5.41, 5.74) is -0.146. The molecule has 84 valence electrons. The van der Waals surface area contributed by atoms with Crippen LogP contribution in [-0.4, -0.2) is 36.0 Å². The van der Waals surface area contributed by atoms with E-state index in [1.165, 1.54) is 0 Å². The molecule has 0 heterocycles. The van der Waals surface area contributed by atoms with E-state index >= 15 is 0 Å². The van der Waals surface area contributed by atoms with E-state index in [0.717, 1.165) is 12.3 Å². The number of nitrogens with one attached hydrogen (secondary N) is 2. The van der Waals surface area contributed by atoms with Gasteiger partial charge in [-0.25, -0.2) is 0 Å². The first-order valence-corrected chi connectivity index (χ1v) is 6.30. The summed E-state index contributed by atoms with van der Waals surface area (Å²) in [4.78, 5) is 11.6. The SMILES string of the molecule is CSCCNC(C)C(=O)NC(C)(C)C. The van der Waals surface area contributed by atoms with Crippen molar-refractivity contribution >= 4 is 17.7 Å². The van der Waals surface area contributed by atoms with E-state index < -0.39 is 0 Å². The lowest BCUT2D eigenvalue weighted by atomic mass is 10.1. The molecule has 0 bridgehead atoms. The maximum atomic E-state index is 11.6. The Bertz CT molecular complexity index is 177. The van der Waals surface area contributed by atoms with Gasteiger partial charge in [0.25, 0.3) is 0 Å². The standard InChI is InChI=1S/C10H22N2OS/c1-8(11-6-7-14-5)9(13)12-10(2,3)4/h8,11H,6-7H2,1-5H3,(H,12,13). The van der Waals surface area contributed by atoms with Gasteiger partial charge in [-0.15, -0.1) is 0 Å². The Morgan fingerprint density at radius 1 is 1.43 bits per heavy atom. The van der Waals surface area contributed by atoms with Crippen LogP contribution in [0, 0.1) is 0 Å². The molecular weight excluding hydrogens is 196 g/mol. The summed E-state index contributed by atoms with van der Waals surface area (Å²) in [5, 5.41) is 6.11. The minimum atomic E-state index is -0.146. The van der Waals surface area contributed by atoms with E-state index in [1.807, 2.05) is 27.7 Å². The summed E-state index contributed by atoms with van der Waals surface area (Å²) >= 11 is 1.77. The average molecular weight is 218 g/mol. The molecule has 0 spiro atoms. The molecule has 3 nitrogen and oxygen atoms in total. The Morgan fingerprint density at radius 3 is 2.43 bits per heavy atom. The zero-order valence-electron chi connectivity index (χ0n) is 9.81. The van der Waals surface area contributed by atoms with Gasteiger partial charge in [0.05, 0.1) is 6.04 Å². The van der Waals surface area contributed by atoms with Crippen LogP contribution in [0.2, 0.25) is 0 Å². The first kappa shape index (κ1) is 13.8. The van der Waals surface area contributed by atoms with Crippen LogP contribution in [0.25, 0.3) is 0 Å². The summed E-state index contributed by atoms with van der Waals surface area (Å²) in [6.07, 6.45) is 2.06. The molecule has 0 fully saturated rings. The molecule has 0 saturated carbocycles. The highest BCUT2D eigenvalue weighted by Crippen LogP contribution is 1.99. The lowest BCUT2D eigenvalue weighted by molar-refractivity contribution is -0.124. The monoisotopic (exact) mass is 218 g/mol. The molecule has 0 rings (SSSR count). The van der Waals surface area contributed by atoms with E-state index in [9.17, 15) is 4.79 Å². The van der Waals surface area contributed by atoms with Crippen LogP contribution in [0.3, 0.4) is 0 Å². The van der Waals surface area contributed by atoms with E-state index in [4.69, 9.17) is 0 Å². The minimum Gasteiger partial charge on any atom is -0.350 e. The van der Waals surface area contributed by atoms with Gasteiger partial charge in [0.2, 0.25) is 5.91 Å². The number of hydrogen-bond acceptors (Lipinski definition) is 3. The highest BCUT2D eigenvalue weighted by atomic mass is 32.2. The first-order valence-electron chi connectivity index (χ1n) is 4.91. The smallest absolute Gasteiger partial charge is 0.237 e. The third-order valence-electron chi connectivity index (χ3n) is 1.65. The summed E-state index contributed by atoms with van der Waals surface area (Å²) in [5.74, 6) is 1.10. The van der Waals surface area contributed by atoms with Gasteiger partial charge in [-0.3, -0.25) is 4.79 Å². The molecule has 0 aromatic carbocycles. The lowest BCUT2D eigenvalue weighted by Crippen LogP contribution is -2.49. The van der Waals surface area contributed by atoms with Crippen molar-refractivity contribution < 1.29 is 4.79 Å². The molecule has 0 aliphatic rings. The van der Waals surface area contributed by atoms with E-state index in [1.54, 1.807) is 11.8 Å². The molecule has 0 radical (unpaired) electrons. The molecule has 1 atom stereocenters. The largest absolute Gasteiger partial charge is 0.350 e. The molecule has 1 amide bonds. The summed E-state index contributed by atoms with van der Waals surface area (Å²) in [6.45, 7) is 8.72. The molecule has 0 aliphatic heterocycles. The molecule has 4 heteroatoms. The molecule has 1 unspecified atom stereocenters. The fourth-order valence-corrected chi connectivity index (χ4v) is 1.27. The number of thioether (sulfide) groups is 1. The Balaban J connectivity index is 3.77. The first-order chi connectivity index (χ1) is 6.37. The number of carbonyl (C=O) groups is 1. The van der Waals surface area contributed by atoms with Crippen LogP contribution in [0.1, 0.15) is 27.7 Å². The third-order valence-corrected chi connectivity index (χ3v) is 2.26. The van der Waals surface area contributed by atoms with Crippen LogP contribution in [0.5, 0.6) is 0 Å². The predicted octanol–water partition coefficient (Wildman–Crippen LogP) is 1.24. The maximum Gasteiger partial charge on any atom is 0.237 e. The van der Waals surface area contributed by atoms with Gasteiger partial charge in [-0.2, -0.15) is 11.8 Å². The quantitative estimate of drug-likeness (QED) is 0.682. The molecular formula is C10H22N2OS. The van der Waals surface area contributed by atoms with Gasteiger partial charge in [0.1, 0.15) is 0 Å². The van der Waals surface area contributed by atoms with Crippen molar-refractivity contribution in [1.82, 2.24) is 10.6 Å². The number of amides is 1.